The monoisotopic (exact) mass is 382 g/mol. The van der Waals surface area contributed by atoms with Crippen LogP contribution in [0, 0.1) is 0 Å². The van der Waals surface area contributed by atoms with Crippen molar-refractivity contribution in [3.63, 3.8) is 0 Å². The van der Waals surface area contributed by atoms with Crippen molar-refractivity contribution in [3.8, 4) is 5.75 Å². The molecule has 3 aliphatic rings. The quantitative estimate of drug-likeness (QED) is 0.743. The molecular formula is C22H26N2O4. The number of hydrogen-bond acceptors (Lipinski definition) is 5. The highest BCUT2D eigenvalue weighted by atomic mass is 16.6. The summed E-state index contributed by atoms with van der Waals surface area (Å²) in [5.41, 5.74) is 7.01. The molecule has 6 nitrogen and oxygen atoms in total. The van der Waals surface area contributed by atoms with Crippen LogP contribution in [0.15, 0.2) is 41.1 Å². The van der Waals surface area contributed by atoms with E-state index in [9.17, 15) is 14.7 Å². The van der Waals surface area contributed by atoms with Gasteiger partial charge in [0.25, 0.3) is 5.79 Å². The van der Waals surface area contributed by atoms with E-state index in [-0.39, 0.29) is 23.8 Å². The van der Waals surface area contributed by atoms with E-state index < -0.39 is 17.1 Å². The molecule has 6 heteroatoms. The number of hydrogen-bond donors (Lipinski definition) is 3. The number of benzene rings is 1. The summed E-state index contributed by atoms with van der Waals surface area (Å²) in [6, 6.07) is 5.53. The van der Waals surface area contributed by atoms with Gasteiger partial charge in [-0.3, -0.25) is 9.59 Å². The molecular weight excluding hydrogens is 356 g/mol. The summed E-state index contributed by atoms with van der Waals surface area (Å²) < 4.78 is 6.04. The topological polar surface area (TPSA) is 102 Å². The van der Waals surface area contributed by atoms with Gasteiger partial charge in [-0.1, -0.05) is 39.0 Å². The van der Waals surface area contributed by atoms with Gasteiger partial charge in [0.15, 0.2) is 0 Å². The average Bonchev–Trinajstić information content (AvgIpc) is 2.99. The van der Waals surface area contributed by atoms with E-state index in [0.29, 0.717) is 41.8 Å². The normalized spacial score (nSPS) is 27.9. The molecule has 0 spiro atoms. The minimum atomic E-state index is -1.99. The SMILES string of the molecule is CCCC(=O)NC12C(=O)C3=C(N)CCC=C3C1(O)Oc1cc(C(C)C)ccc12. The Kier molecular flexibility index (Phi) is 4.16. The molecule has 2 unspecified atom stereocenters. The van der Waals surface area contributed by atoms with E-state index in [1.54, 1.807) is 12.1 Å². The van der Waals surface area contributed by atoms with Crippen LogP contribution in [0.5, 0.6) is 5.75 Å². The van der Waals surface area contributed by atoms with Gasteiger partial charge in [-0.25, -0.2) is 0 Å². The average molecular weight is 382 g/mol. The number of rotatable bonds is 4. The maximum absolute atomic E-state index is 13.6. The molecule has 1 aromatic carbocycles. The second-order valence-electron chi connectivity index (χ2n) is 8.09. The smallest absolute Gasteiger partial charge is 0.270 e. The molecule has 1 aliphatic heterocycles. The minimum Gasteiger partial charge on any atom is -0.454 e. The number of Topliss-reactive ketones (excluding diaryl/α,β-unsaturated/α-hetero) is 1. The molecule has 1 heterocycles. The van der Waals surface area contributed by atoms with Crippen LogP contribution < -0.4 is 15.8 Å². The summed E-state index contributed by atoms with van der Waals surface area (Å²) in [4.78, 5) is 26.2. The molecule has 0 bridgehead atoms. The summed E-state index contributed by atoms with van der Waals surface area (Å²) >= 11 is 0. The van der Waals surface area contributed by atoms with Gasteiger partial charge in [0.2, 0.25) is 17.2 Å². The molecule has 1 fully saturated rings. The summed E-state index contributed by atoms with van der Waals surface area (Å²) in [6.07, 6.45) is 3.82. The van der Waals surface area contributed by atoms with Gasteiger partial charge in [-0.2, -0.15) is 0 Å². The van der Waals surface area contributed by atoms with Gasteiger partial charge >= 0.3 is 0 Å². The van der Waals surface area contributed by atoms with Crippen molar-refractivity contribution in [3.05, 3.63) is 52.2 Å². The van der Waals surface area contributed by atoms with Gasteiger partial charge in [0.1, 0.15) is 5.75 Å². The van der Waals surface area contributed by atoms with E-state index >= 15 is 0 Å². The second-order valence-corrected chi connectivity index (χ2v) is 8.09. The number of carbonyl (C=O) groups excluding carboxylic acids is 2. The van der Waals surface area contributed by atoms with Crippen molar-refractivity contribution in [2.24, 2.45) is 5.73 Å². The van der Waals surface area contributed by atoms with Crippen molar-refractivity contribution in [2.45, 2.75) is 63.7 Å². The van der Waals surface area contributed by atoms with Crippen LogP contribution in [0.1, 0.15) is 63.5 Å². The first-order chi connectivity index (χ1) is 13.3. The predicted molar refractivity (Wildman–Crippen MR) is 104 cm³/mol. The second kappa shape index (κ2) is 6.21. The van der Waals surface area contributed by atoms with Crippen molar-refractivity contribution < 1.29 is 19.4 Å². The highest BCUT2D eigenvalue weighted by molar-refractivity contribution is 6.15. The zero-order chi connectivity index (χ0) is 20.3. The van der Waals surface area contributed by atoms with Crippen molar-refractivity contribution in [1.29, 1.82) is 0 Å². The lowest BCUT2D eigenvalue weighted by Gasteiger charge is -2.34. The van der Waals surface area contributed by atoms with Crippen LogP contribution in [0.2, 0.25) is 0 Å². The number of carbonyl (C=O) groups is 2. The number of ether oxygens (including phenoxy) is 1. The Morgan fingerprint density at radius 1 is 1.39 bits per heavy atom. The first-order valence-electron chi connectivity index (χ1n) is 9.87. The lowest BCUT2D eigenvalue weighted by Crippen LogP contribution is -2.61. The molecule has 2 aliphatic carbocycles. The van der Waals surface area contributed by atoms with E-state index in [0.717, 1.165) is 5.56 Å². The molecule has 0 aromatic heterocycles. The number of nitrogens with one attached hydrogen (secondary N) is 1. The van der Waals surface area contributed by atoms with Crippen LogP contribution in [-0.2, 0) is 15.1 Å². The van der Waals surface area contributed by atoms with Crippen LogP contribution in [0.25, 0.3) is 0 Å². The van der Waals surface area contributed by atoms with Crippen molar-refractivity contribution in [2.75, 3.05) is 0 Å². The summed E-state index contributed by atoms with van der Waals surface area (Å²) in [7, 11) is 0. The Labute approximate surface area is 164 Å². The number of allylic oxidation sites excluding steroid dienone is 2. The number of amides is 1. The third-order valence-corrected chi connectivity index (χ3v) is 5.93. The maximum atomic E-state index is 13.6. The number of ketones is 1. The highest BCUT2D eigenvalue weighted by Crippen LogP contribution is 2.59. The molecule has 4 N–H and O–H groups in total. The molecule has 1 amide bonds. The molecule has 1 aromatic rings. The fourth-order valence-electron chi connectivity index (χ4n) is 4.49. The van der Waals surface area contributed by atoms with Crippen molar-refractivity contribution >= 4 is 11.7 Å². The molecule has 148 valence electrons. The number of nitrogens with two attached hydrogens (primary N) is 1. The Bertz CT molecular complexity index is 946. The zero-order valence-corrected chi connectivity index (χ0v) is 16.5. The third kappa shape index (κ3) is 2.24. The summed E-state index contributed by atoms with van der Waals surface area (Å²) in [5.74, 6) is -2.03. The molecule has 0 saturated heterocycles. The molecule has 0 radical (unpaired) electrons. The van der Waals surface area contributed by atoms with E-state index in [2.05, 4.69) is 19.2 Å². The number of fused-ring (bicyclic) bond motifs is 5. The van der Waals surface area contributed by atoms with E-state index in [4.69, 9.17) is 10.5 Å². The first kappa shape index (κ1) is 18.7. The fraction of sp³-hybridized carbons (Fsp3) is 0.455. The van der Waals surface area contributed by atoms with E-state index in [1.165, 1.54) is 0 Å². The zero-order valence-electron chi connectivity index (χ0n) is 16.5. The van der Waals surface area contributed by atoms with Gasteiger partial charge in [-0.15, -0.1) is 0 Å². The highest BCUT2D eigenvalue weighted by Gasteiger charge is 2.73. The van der Waals surface area contributed by atoms with Gasteiger partial charge in [-0.05, 0) is 36.8 Å². The number of aliphatic hydroxyl groups is 1. The van der Waals surface area contributed by atoms with Crippen LogP contribution >= 0.6 is 0 Å². The lowest BCUT2D eigenvalue weighted by atomic mass is 9.83. The summed E-state index contributed by atoms with van der Waals surface area (Å²) in [5, 5.41) is 14.6. The molecule has 28 heavy (non-hydrogen) atoms. The fourth-order valence-corrected chi connectivity index (χ4v) is 4.49. The van der Waals surface area contributed by atoms with Gasteiger partial charge in [0, 0.05) is 28.8 Å². The largest absolute Gasteiger partial charge is 0.454 e. The van der Waals surface area contributed by atoms with Crippen LogP contribution in [0.3, 0.4) is 0 Å². The molecule has 4 rings (SSSR count). The van der Waals surface area contributed by atoms with Crippen LogP contribution in [0.4, 0.5) is 0 Å². The van der Waals surface area contributed by atoms with Crippen LogP contribution in [-0.4, -0.2) is 22.6 Å². The Balaban J connectivity index is 1.96. The van der Waals surface area contributed by atoms with E-state index in [1.807, 2.05) is 19.1 Å². The molecule has 2 atom stereocenters. The predicted octanol–water partition coefficient (Wildman–Crippen LogP) is 2.52. The Hall–Kier alpha value is -2.60. The summed E-state index contributed by atoms with van der Waals surface area (Å²) in [6.45, 7) is 6.00. The Morgan fingerprint density at radius 2 is 2.14 bits per heavy atom. The third-order valence-electron chi connectivity index (χ3n) is 5.93. The Morgan fingerprint density at radius 3 is 2.82 bits per heavy atom. The first-order valence-corrected chi connectivity index (χ1v) is 9.87. The van der Waals surface area contributed by atoms with Gasteiger partial charge in [0.05, 0.1) is 0 Å². The standard InChI is InChI=1S/C22H26N2O4/c1-4-6-18(25)24-21-14-10-9-13(12(2)3)11-17(14)28-22(21,27)15-7-5-8-16(23)19(15)20(21)26/h7,9-12,27H,4-6,8,23H2,1-3H3,(H,24,25). The minimum absolute atomic E-state index is 0.248. The van der Waals surface area contributed by atoms with Crippen molar-refractivity contribution in [1.82, 2.24) is 5.32 Å². The molecule has 1 saturated carbocycles. The van der Waals surface area contributed by atoms with Gasteiger partial charge < -0.3 is 20.9 Å². The maximum Gasteiger partial charge on any atom is 0.270 e. The lowest BCUT2D eigenvalue weighted by molar-refractivity contribution is -0.160.